The first-order valence-electron chi connectivity index (χ1n) is 8.04. The maximum Gasteiger partial charge on any atom is 0.341 e. The van der Waals surface area contributed by atoms with E-state index >= 15 is 0 Å². The number of thiophene rings is 1. The molecule has 3 rings (SSSR count). The fraction of sp³-hybridized carbons (Fsp3) is 0.368. The summed E-state index contributed by atoms with van der Waals surface area (Å²) in [6, 6.07) is 4.00. The van der Waals surface area contributed by atoms with Crippen molar-refractivity contribution in [3.05, 3.63) is 50.4 Å². The van der Waals surface area contributed by atoms with Crippen LogP contribution in [0.5, 0.6) is 0 Å². The second-order valence-corrected chi connectivity index (χ2v) is 7.39. The highest BCUT2D eigenvalue weighted by atomic mass is 32.1. The van der Waals surface area contributed by atoms with Gasteiger partial charge in [0.2, 0.25) is 0 Å². The topological polar surface area (TPSA) is 55.4 Å². The van der Waals surface area contributed by atoms with Gasteiger partial charge < -0.3 is 10.1 Å². The molecule has 4 nitrogen and oxygen atoms in total. The van der Waals surface area contributed by atoms with E-state index < -0.39 is 0 Å². The van der Waals surface area contributed by atoms with Gasteiger partial charge in [-0.25, -0.2) is 4.79 Å². The summed E-state index contributed by atoms with van der Waals surface area (Å²) in [6.07, 6.45) is 2.88. The molecule has 0 fully saturated rings. The Balaban J connectivity index is 1.98. The number of aryl methyl sites for hydroxylation is 4. The van der Waals surface area contributed by atoms with E-state index in [9.17, 15) is 9.59 Å². The van der Waals surface area contributed by atoms with E-state index in [1.165, 1.54) is 23.3 Å². The number of hydrogen-bond donors (Lipinski definition) is 1. The molecule has 1 aromatic carbocycles. The molecule has 0 radical (unpaired) electrons. The third-order valence-corrected chi connectivity index (χ3v) is 5.65. The van der Waals surface area contributed by atoms with Gasteiger partial charge >= 0.3 is 5.97 Å². The molecule has 24 heavy (non-hydrogen) atoms. The van der Waals surface area contributed by atoms with E-state index in [2.05, 4.69) is 5.32 Å². The second kappa shape index (κ2) is 6.40. The fourth-order valence-electron chi connectivity index (χ4n) is 3.51. The van der Waals surface area contributed by atoms with Crippen molar-refractivity contribution in [3.63, 3.8) is 0 Å². The van der Waals surface area contributed by atoms with Crippen LogP contribution in [0.25, 0.3) is 0 Å². The molecule has 0 saturated heterocycles. The summed E-state index contributed by atoms with van der Waals surface area (Å²) in [7, 11) is 1.38. The summed E-state index contributed by atoms with van der Waals surface area (Å²) in [5, 5.41) is 3.56. The Morgan fingerprint density at radius 3 is 2.38 bits per heavy atom. The van der Waals surface area contributed by atoms with E-state index in [1.807, 2.05) is 32.9 Å². The number of nitrogens with one attached hydrogen (secondary N) is 1. The van der Waals surface area contributed by atoms with E-state index in [-0.39, 0.29) is 11.9 Å². The largest absolute Gasteiger partial charge is 0.465 e. The number of hydrogen-bond acceptors (Lipinski definition) is 4. The van der Waals surface area contributed by atoms with Gasteiger partial charge in [0.1, 0.15) is 5.00 Å². The molecule has 0 atom stereocenters. The molecule has 1 aliphatic rings. The number of esters is 1. The zero-order valence-electron chi connectivity index (χ0n) is 14.4. The summed E-state index contributed by atoms with van der Waals surface area (Å²) in [6.45, 7) is 5.88. The van der Waals surface area contributed by atoms with Crippen LogP contribution >= 0.6 is 11.3 Å². The number of anilines is 1. The SMILES string of the molecule is COC(=O)c1c(NC(=O)c2c(C)cc(C)cc2C)sc2c1CCC2. The van der Waals surface area contributed by atoms with Crippen molar-refractivity contribution in [2.75, 3.05) is 12.4 Å². The molecule has 0 bridgehead atoms. The summed E-state index contributed by atoms with van der Waals surface area (Å²) in [5.41, 5.74) is 5.25. The third kappa shape index (κ3) is 2.84. The molecule has 0 unspecified atom stereocenters. The lowest BCUT2D eigenvalue weighted by molar-refractivity contribution is 0.0601. The lowest BCUT2D eigenvalue weighted by Crippen LogP contribution is -2.17. The number of rotatable bonds is 3. The predicted octanol–water partition coefficient (Wildman–Crippen LogP) is 4.20. The Bertz CT molecular complexity index is 812. The summed E-state index contributed by atoms with van der Waals surface area (Å²) in [5.74, 6) is -0.544. The van der Waals surface area contributed by atoms with E-state index in [1.54, 1.807) is 0 Å². The lowest BCUT2D eigenvalue weighted by Gasteiger charge is -2.12. The van der Waals surface area contributed by atoms with Gasteiger partial charge in [-0.1, -0.05) is 17.7 Å². The fourth-order valence-corrected chi connectivity index (χ4v) is 4.79. The summed E-state index contributed by atoms with van der Waals surface area (Å²) < 4.78 is 4.93. The number of methoxy groups -OCH3 is 1. The van der Waals surface area contributed by atoms with Crippen molar-refractivity contribution < 1.29 is 14.3 Å². The average Bonchev–Trinajstić information content (AvgIpc) is 3.05. The molecule has 0 saturated carbocycles. The maximum absolute atomic E-state index is 12.8. The second-order valence-electron chi connectivity index (χ2n) is 6.28. The Kier molecular flexibility index (Phi) is 4.45. The molecule has 1 amide bonds. The van der Waals surface area contributed by atoms with Crippen molar-refractivity contribution in [1.29, 1.82) is 0 Å². The molecule has 1 heterocycles. The van der Waals surface area contributed by atoms with Gasteiger partial charge in [0.25, 0.3) is 5.91 Å². The number of fused-ring (bicyclic) bond motifs is 1. The first-order valence-corrected chi connectivity index (χ1v) is 8.86. The number of ether oxygens (including phenoxy) is 1. The standard InChI is InChI=1S/C19H21NO3S/c1-10-8-11(2)15(12(3)9-10)17(21)20-18-16(19(22)23-4)13-6-5-7-14(13)24-18/h8-9H,5-7H2,1-4H3,(H,20,21). The summed E-state index contributed by atoms with van der Waals surface area (Å²) in [4.78, 5) is 26.2. The van der Waals surface area contributed by atoms with E-state index in [4.69, 9.17) is 4.74 Å². The van der Waals surface area contributed by atoms with Gasteiger partial charge in [0.15, 0.2) is 0 Å². The van der Waals surface area contributed by atoms with Gasteiger partial charge in [0.05, 0.1) is 12.7 Å². The minimum Gasteiger partial charge on any atom is -0.465 e. The molecule has 0 spiro atoms. The van der Waals surface area contributed by atoms with Crippen LogP contribution in [0.4, 0.5) is 5.00 Å². The molecule has 1 aliphatic carbocycles. The molecule has 5 heteroatoms. The van der Waals surface area contributed by atoms with Gasteiger partial charge in [-0.15, -0.1) is 11.3 Å². The quantitative estimate of drug-likeness (QED) is 0.850. The van der Waals surface area contributed by atoms with Crippen LogP contribution in [0.15, 0.2) is 12.1 Å². The predicted molar refractivity (Wildman–Crippen MR) is 96.3 cm³/mol. The molecular weight excluding hydrogens is 322 g/mol. The normalized spacial score (nSPS) is 12.8. The van der Waals surface area contributed by atoms with Crippen molar-refractivity contribution in [2.45, 2.75) is 40.0 Å². The Morgan fingerprint density at radius 1 is 1.08 bits per heavy atom. The Labute approximate surface area is 145 Å². The highest BCUT2D eigenvalue weighted by molar-refractivity contribution is 7.17. The van der Waals surface area contributed by atoms with Crippen LogP contribution in [0.2, 0.25) is 0 Å². The van der Waals surface area contributed by atoms with E-state index in [0.29, 0.717) is 16.1 Å². The van der Waals surface area contributed by atoms with Crippen molar-refractivity contribution in [1.82, 2.24) is 0 Å². The monoisotopic (exact) mass is 343 g/mol. The lowest BCUT2D eigenvalue weighted by atomic mass is 9.99. The van der Waals surface area contributed by atoms with Crippen molar-refractivity contribution >= 4 is 28.2 Å². The number of amides is 1. The molecule has 126 valence electrons. The number of benzene rings is 1. The number of carbonyl (C=O) groups is 2. The van der Waals surface area contributed by atoms with Gasteiger partial charge in [-0.05, 0) is 56.7 Å². The van der Waals surface area contributed by atoms with Crippen LogP contribution in [0.1, 0.15) is 54.3 Å². The Hall–Kier alpha value is -2.14. The van der Waals surface area contributed by atoms with Crippen molar-refractivity contribution in [2.24, 2.45) is 0 Å². The third-order valence-electron chi connectivity index (χ3n) is 4.44. The minimum absolute atomic E-state index is 0.171. The molecular formula is C19H21NO3S. The van der Waals surface area contributed by atoms with Crippen LogP contribution in [-0.4, -0.2) is 19.0 Å². The average molecular weight is 343 g/mol. The zero-order chi connectivity index (χ0) is 17.4. The zero-order valence-corrected chi connectivity index (χ0v) is 15.2. The van der Waals surface area contributed by atoms with Crippen LogP contribution in [0, 0.1) is 20.8 Å². The maximum atomic E-state index is 12.8. The highest BCUT2D eigenvalue weighted by Crippen LogP contribution is 2.39. The Morgan fingerprint density at radius 2 is 1.75 bits per heavy atom. The van der Waals surface area contributed by atoms with Crippen LogP contribution in [0.3, 0.4) is 0 Å². The minimum atomic E-state index is -0.373. The summed E-state index contributed by atoms with van der Waals surface area (Å²) >= 11 is 1.50. The highest BCUT2D eigenvalue weighted by Gasteiger charge is 2.28. The van der Waals surface area contributed by atoms with Gasteiger partial charge in [0, 0.05) is 10.4 Å². The van der Waals surface area contributed by atoms with E-state index in [0.717, 1.165) is 41.5 Å². The van der Waals surface area contributed by atoms with Crippen molar-refractivity contribution in [3.8, 4) is 0 Å². The van der Waals surface area contributed by atoms with Crippen LogP contribution in [-0.2, 0) is 17.6 Å². The number of carbonyl (C=O) groups excluding carboxylic acids is 2. The smallest absolute Gasteiger partial charge is 0.341 e. The van der Waals surface area contributed by atoms with Gasteiger partial charge in [-0.3, -0.25) is 4.79 Å². The van der Waals surface area contributed by atoms with Gasteiger partial charge in [-0.2, -0.15) is 0 Å². The molecule has 1 N–H and O–H groups in total. The first-order chi connectivity index (χ1) is 11.4. The molecule has 2 aromatic rings. The van der Waals surface area contributed by atoms with Crippen LogP contribution < -0.4 is 5.32 Å². The first kappa shape index (κ1) is 16.7. The molecule has 1 aromatic heterocycles. The molecule has 0 aliphatic heterocycles.